The summed E-state index contributed by atoms with van der Waals surface area (Å²) >= 11 is 0. The third-order valence-electron chi connectivity index (χ3n) is 7.23. The number of alkyl halides is 6. The highest BCUT2D eigenvalue weighted by Gasteiger charge is 2.45. The molecule has 240 valence electrons. The first-order chi connectivity index (χ1) is 20.9. The highest BCUT2D eigenvalue weighted by atomic mass is 19.4. The zero-order valence-corrected chi connectivity index (χ0v) is 24.1. The molecule has 1 aromatic carbocycles. The van der Waals surface area contributed by atoms with E-state index in [1.165, 1.54) is 6.07 Å². The number of amides is 1. The number of carbonyl (C=O) groups excluding carboxylic acids is 1. The molecule has 2 atom stereocenters. The predicted molar refractivity (Wildman–Crippen MR) is 146 cm³/mol. The molecular weight excluding hydrogens is 615 g/mol. The number of anilines is 2. The Balaban J connectivity index is 1.62. The van der Waals surface area contributed by atoms with Crippen molar-refractivity contribution in [3.8, 4) is 23.3 Å². The minimum Gasteiger partial charge on any atom is -0.454 e. The van der Waals surface area contributed by atoms with Crippen LogP contribution in [0, 0.1) is 17.1 Å². The Bertz CT molecular complexity index is 1690. The van der Waals surface area contributed by atoms with Gasteiger partial charge in [0.05, 0.1) is 28.6 Å². The molecule has 0 radical (unpaired) electrons. The summed E-state index contributed by atoms with van der Waals surface area (Å²) in [6, 6.07) is 1.28. The molecule has 0 spiro atoms. The average molecular weight is 642 g/mol. The number of halogens is 7. The van der Waals surface area contributed by atoms with E-state index in [0.29, 0.717) is 18.9 Å². The summed E-state index contributed by atoms with van der Waals surface area (Å²) < 4.78 is 107. The fraction of sp³-hybridized carbons (Fsp3) is 0.464. The number of hydrogen-bond donors (Lipinski definition) is 1. The van der Waals surface area contributed by atoms with E-state index in [1.54, 1.807) is 30.6 Å². The Hall–Kier alpha value is -4.62. The molecule has 2 bridgehead atoms. The number of nitrogen functional groups attached to an aromatic ring is 1. The maximum absolute atomic E-state index is 16.2. The zero-order valence-electron chi connectivity index (χ0n) is 24.1. The molecular formula is C28H26F7N7O3. The number of rotatable bonds is 4. The van der Waals surface area contributed by atoms with Gasteiger partial charge in [0.2, 0.25) is 0 Å². The van der Waals surface area contributed by atoms with Gasteiger partial charge in [0.1, 0.15) is 28.7 Å². The molecule has 17 heteroatoms. The lowest BCUT2D eigenvalue weighted by Gasteiger charge is -2.42. The largest absolute Gasteiger partial charge is 0.454 e. The first kappa shape index (κ1) is 31.8. The Morgan fingerprint density at radius 3 is 2.29 bits per heavy atom. The van der Waals surface area contributed by atoms with Crippen molar-refractivity contribution in [1.82, 2.24) is 19.9 Å². The van der Waals surface area contributed by atoms with E-state index >= 15 is 4.39 Å². The second kappa shape index (κ2) is 11.1. The van der Waals surface area contributed by atoms with Crippen LogP contribution in [0.2, 0.25) is 0 Å². The first-order valence-corrected chi connectivity index (χ1v) is 13.6. The Kier molecular flexibility index (Phi) is 7.82. The van der Waals surface area contributed by atoms with Crippen molar-refractivity contribution in [2.75, 3.05) is 30.3 Å². The summed E-state index contributed by atoms with van der Waals surface area (Å²) in [6.07, 6.45) is -8.11. The number of pyridine rings is 1. The second-order valence-electron chi connectivity index (χ2n) is 11.7. The number of nitriles is 1. The number of nitrogens with two attached hydrogens (primary N) is 1. The number of nitrogens with zero attached hydrogens (tertiary/aromatic N) is 6. The van der Waals surface area contributed by atoms with E-state index in [-0.39, 0.29) is 36.4 Å². The van der Waals surface area contributed by atoms with E-state index in [9.17, 15) is 36.4 Å². The lowest BCUT2D eigenvalue weighted by molar-refractivity contribution is -0.154. The van der Waals surface area contributed by atoms with Gasteiger partial charge >= 0.3 is 24.5 Å². The fourth-order valence-corrected chi connectivity index (χ4v) is 5.55. The fourth-order valence-electron chi connectivity index (χ4n) is 5.55. The van der Waals surface area contributed by atoms with Crippen molar-refractivity contribution in [3.63, 3.8) is 0 Å². The third kappa shape index (κ3) is 6.45. The number of carbonyl (C=O) groups is 1. The van der Waals surface area contributed by atoms with Gasteiger partial charge in [-0.05, 0) is 45.7 Å². The van der Waals surface area contributed by atoms with Crippen LogP contribution in [0.1, 0.15) is 44.7 Å². The standard InChI is InChI=1S/C28H26F7N7O3/c1-26(2,3)45-25(43)42-14-4-5-15(42)11-41(10-14)23-18-9-38-21(16-6-13(37)7-19(17(16)8-36)28(33,34)35)20(29)22(18)39-24(40-23)44-12-27(30,31)32/h6-7,9,14-15H,4-5,10-12,37H2,1-3H3. The highest BCUT2D eigenvalue weighted by Crippen LogP contribution is 2.41. The first-order valence-electron chi connectivity index (χ1n) is 13.6. The number of benzene rings is 1. The second-order valence-corrected chi connectivity index (χ2v) is 11.7. The van der Waals surface area contributed by atoms with Gasteiger partial charge in [-0.3, -0.25) is 9.88 Å². The van der Waals surface area contributed by atoms with E-state index in [2.05, 4.69) is 15.0 Å². The van der Waals surface area contributed by atoms with Crippen molar-refractivity contribution in [3.05, 3.63) is 35.3 Å². The quantitative estimate of drug-likeness (QED) is 0.276. The van der Waals surface area contributed by atoms with Crippen molar-refractivity contribution in [2.45, 2.75) is 63.7 Å². The molecule has 2 aliphatic heterocycles. The van der Waals surface area contributed by atoms with Crippen molar-refractivity contribution in [1.29, 1.82) is 5.26 Å². The lowest BCUT2D eigenvalue weighted by atomic mass is 9.97. The summed E-state index contributed by atoms with van der Waals surface area (Å²) in [5, 5.41) is 9.48. The summed E-state index contributed by atoms with van der Waals surface area (Å²) in [5.41, 5.74) is 0.146. The minimum absolute atomic E-state index is 0.0556. The molecule has 2 N–H and O–H groups in total. The van der Waals surface area contributed by atoms with Gasteiger partial charge in [0.25, 0.3) is 0 Å². The number of hydrogen-bond acceptors (Lipinski definition) is 9. The van der Waals surface area contributed by atoms with Crippen LogP contribution in [0.3, 0.4) is 0 Å². The van der Waals surface area contributed by atoms with Crippen molar-refractivity contribution >= 4 is 28.5 Å². The van der Waals surface area contributed by atoms with E-state index in [4.69, 9.17) is 15.2 Å². The summed E-state index contributed by atoms with van der Waals surface area (Å²) in [6.45, 7) is 3.65. The molecule has 3 aromatic rings. The van der Waals surface area contributed by atoms with Gasteiger partial charge in [-0.25, -0.2) is 9.18 Å². The van der Waals surface area contributed by atoms with Crippen LogP contribution in [0.5, 0.6) is 6.01 Å². The molecule has 1 amide bonds. The average Bonchev–Trinajstić information content (AvgIpc) is 3.19. The van der Waals surface area contributed by atoms with Crippen LogP contribution in [-0.2, 0) is 10.9 Å². The number of aromatic nitrogens is 3. The Labute approximate surface area is 251 Å². The van der Waals surface area contributed by atoms with E-state index in [0.717, 1.165) is 12.3 Å². The molecule has 2 aliphatic rings. The summed E-state index contributed by atoms with van der Waals surface area (Å²) in [4.78, 5) is 28.1. The summed E-state index contributed by atoms with van der Waals surface area (Å²) in [7, 11) is 0. The van der Waals surface area contributed by atoms with Crippen LogP contribution < -0.4 is 15.4 Å². The van der Waals surface area contributed by atoms with Crippen LogP contribution >= 0.6 is 0 Å². The molecule has 2 unspecified atom stereocenters. The van der Waals surface area contributed by atoms with Gasteiger partial charge in [-0.2, -0.15) is 41.6 Å². The van der Waals surface area contributed by atoms with E-state index < -0.39 is 76.1 Å². The highest BCUT2D eigenvalue weighted by molar-refractivity contribution is 5.93. The lowest BCUT2D eigenvalue weighted by Crippen LogP contribution is -2.57. The SMILES string of the molecule is CC(C)(C)OC(=O)N1C2CCC1CN(c1nc(OCC(F)(F)F)nc3c(F)c(-c4cc(N)cc(C(F)(F)F)c4C#N)ncc13)C2. The smallest absolute Gasteiger partial charge is 0.422 e. The maximum atomic E-state index is 16.2. The summed E-state index contributed by atoms with van der Waals surface area (Å²) in [5.74, 6) is -1.39. The molecule has 45 heavy (non-hydrogen) atoms. The van der Waals surface area contributed by atoms with Gasteiger partial charge in [0, 0.05) is 30.5 Å². The minimum atomic E-state index is -5.02. The molecule has 10 nitrogen and oxygen atoms in total. The molecule has 4 heterocycles. The Morgan fingerprint density at radius 1 is 1.09 bits per heavy atom. The van der Waals surface area contributed by atoms with Gasteiger partial charge in [-0.1, -0.05) is 0 Å². The van der Waals surface area contributed by atoms with Crippen LogP contribution in [-0.4, -0.2) is 69.5 Å². The van der Waals surface area contributed by atoms with Crippen molar-refractivity contribution in [2.24, 2.45) is 0 Å². The predicted octanol–water partition coefficient (Wildman–Crippen LogP) is 5.83. The Morgan fingerprint density at radius 2 is 1.73 bits per heavy atom. The molecule has 0 aliphatic carbocycles. The number of fused-ring (bicyclic) bond motifs is 3. The monoisotopic (exact) mass is 641 g/mol. The molecule has 2 aromatic heterocycles. The van der Waals surface area contributed by atoms with Gasteiger partial charge < -0.3 is 20.1 Å². The molecule has 2 saturated heterocycles. The van der Waals surface area contributed by atoms with Crippen LogP contribution in [0.25, 0.3) is 22.2 Å². The van der Waals surface area contributed by atoms with Crippen LogP contribution in [0.4, 0.5) is 47.0 Å². The van der Waals surface area contributed by atoms with Gasteiger partial charge in [0.15, 0.2) is 12.4 Å². The molecule has 2 fully saturated rings. The topological polar surface area (TPSA) is 130 Å². The van der Waals surface area contributed by atoms with Gasteiger partial charge in [-0.15, -0.1) is 0 Å². The molecule has 5 rings (SSSR count). The molecule has 0 saturated carbocycles. The normalized spacial score (nSPS) is 18.7. The maximum Gasteiger partial charge on any atom is 0.422 e. The third-order valence-corrected chi connectivity index (χ3v) is 7.23. The number of piperazine rings is 1. The van der Waals surface area contributed by atoms with E-state index in [1.807, 2.05) is 0 Å². The zero-order chi connectivity index (χ0) is 33.1. The number of ether oxygens (including phenoxy) is 2. The van der Waals surface area contributed by atoms with Crippen molar-refractivity contribution < 1.29 is 45.0 Å². The van der Waals surface area contributed by atoms with Crippen LogP contribution in [0.15, 0.2) is 18.3 Å².